The van der Waals surface area contributed by atoms with E-state index in [1.165, 1.54) is 0 Å². The lowest BCUT2D eigenvalue weighted by Gasteiger charge is -2.10. The zero-order valence-corrected chi connectivity index (χ0v) is 21.5. The fourth-order valence-corrected chi connectivity index (χ4v) is 4.73. The van der Waals surface area contributed by atoms with Crippen molar-refractivity contribution in [1.29, 1.82) is 0 Å². The van der Waals surface area contributed by atoms with Crippen LogP contribution in [-0.4, -0.2) is 24.9 Å². The summed E-state index contributed by atoms with van der Waals surface area (Å²) in [5, 5.41) is 2.25. The number of hydrogen-bond acceptors (Lipinski definition) is 5. The maximum Gasteiger partial charge on any atom is 0.164 e. The maximum atomic E-state index is 4.87. The SMILES string of the molecule is c1ccc(-c2nc(-c3ccccc3)nc(-c3ccc4cc(-c5ccc(-c6ccccn6)nc5)ccc4c3)n2)cc1. The lowest BCUT2D eigenvalue weighted by molar-refractivity contribution is 1.07. The average molecular weight is 514 g/mol. The van der Waals surface area contributed by atoms with E-state index in [0.717, 1.165) is 50.0 Å². The first-order valence-electron chi connectivity index (χ1n) is 13.1. The Balaban J connectivity index is 1.25. The number of benzene rings is 4. The molecule has 40 heavy (non-hydrogen) atoms. The summed E-state index contributed by atoms with van der Waals surface area (Å²) in [5.74, 6) is 1.95. The van der Waals surface area contributed by atoms with Gasteiger partial charge in [0.1, 0.15) is 0 Å². The van der Waals surface area contributed by atoms with Crippen LogP contribution in [0.25, 0.3) is 67.5 Å². The van der Waals surface area contributed by atoms with Gasteiger partial charge in [-0.1, -0.05) is 97.1 Å². The number of pyridine rings is 2. The van der Waals surface area contributed by atoms with E-state index in [0.29, 0.717) is 17.5 Å². The van der Waals surface area contributed by atoms with Crippen LogP contribution in [0.4, 0.5) is 0 Å². The molecular weight excluding hydrogens is 490 g/mol. The van der Waals surface area contributed by atoms with Crippen molar-refractivity contribution in [1.82, 2.24) is 24.9 Å². The highest BCUT2D eigenvalue weighted by Crippen LogP contribution is 2.30. The molecule has 0 saturated heterocycles. The fraction of sp³-hybridized carbons (Fsp3) is 0. The Bertz CT molecular complexity index is 1860. The minimum atomic E-state index is 0.646. The normalized spacial score (nSPS) is 11.0. The molecule has 0 atom stereocenters. The number of fused-ring (bicyclic) bond motifs is 1. The first kappa shape index (κ1) is 23.6. The largest absolute Gasteiger partial charge is 0.255 e. The summed E-state index contributed by atoms with van der Waals surface area (Å²) >= 11 is 0. The first-order valence-corrected chi connectivity index (χ1v) is 13.1. The number of rotatable bonds is 5. The van der Waals surface area contributed by atoms with Crippen LogP contribution >= 0.6 is 0 Å². The maximum absolute atomic E-state index is 4.87. The standard InChI is InChI=1S/C35H23N5/c1-3-9-24(10-4-1)33-38-34(25-11-5-2-6-12-25)40-35(39-33)29-17-16-26-21-28(15-14-27(26)22-29)30-18-19-32(37-23-30)31-13-7-8-20-36-31/h1-23H. The predicted molar refractivity (Wildman–Crippen MR) is 160 cm³/mol. The third-order valence-electron chi connectivity index (χ3n) is 6.82. The van der Waals surface area contributed by atoms with E-state index < -0.39 is 0 Å². The zero-order chi connectivity index (χ0) is 26.7. The van der Waals surface area contributed by atoms with Gasteiger partial charge in [0.2, 0.25) is 0 Å². The predicted octanol–water partition coefficient (Wildman–Crippen LogP) is 8.15. The summed E-state index contributed by atoms with van der Waals surface area (Å²) in [6.07, 6.45) is 3.69. The molecule has 3 heterocycles. The monoisotopic (exact) mass is 513 g/mol. The summed E-state index contributed by atoms with van der Waals surface area (Å²) in [6.45, 7) is 0. The van der Waals surface area contributed by atoms with E-state index in [-0.39, 0.29) is 0 Å². The second-order valence-corrected chi connectivity index (χ2v) is 9.46. The smallest absolute Gasteiger partial charge is 0.164 e. The molecule has 7 aromatic rings. The molecule has 0 aliphatic heterocycles. The highest BCUT2D eigenvalue weighted by Gasteiger charge is 2.13. The Morgan fingerprint density at radius 1 is 0.350 bits per heavy atom. The van der Waals surface area contributed by atoms with Crippen molar-refractivity contribution in [3.05, 3.63) is 140 Å². The molecule has 0 amide bonds. The molecule has 0 spiro atoms. The van der Waals surface area contributed by atoms with Gasteiger partial charge in [0.15, 0.2) is 17.5 Å². The van der Waals surface area contributed by atoms with E-state index in [9.17, 15) is 0 Å². The molecule has 7 rings (SSSR count). The van der Waals surface area contributed by atoms with Crippen molar-refractivity contribution < 1.29 is 0 Å². The van der Waals surface area contributed by atoms with Crippen LogP contribution in [0.5, 0.6) is 0 Å². The molecule has 0 aliphatic carbocycles. The molecule has 5 heteroatoms. The Morgan fingerprint density at radius 2 is 0.875 bits per heavy atom. The van der Waals surface area contributed by atoms with Crippen molar-refractivity contribution in [2.24, 2.45) is 0 Å². The minimum Gasteiger partial charge on any atom is -0.255 e. The third-order valence-corrected chi connectivity index (χ3v) is 6.82. The van der Waals surface area contributed by atoms with Crippen LogP contribution in [0, 0.1) is 0 Å². The molecule has 5 nitrogen and oxygen atoms in total. The Hall–Kier alpha value is -5.55. The molecular formula is C35H23N5. The van der Waals surface area contributed by atoms with Crippen LogP contribution in [0.1, 0.15) is 0 Å². The first-order chi connectivity index (χ1) is 19.8. The number of nitrogens with zero attached hydrogens (tertiary/aromatic N) is 5. The summed E-state index contributed by atoms with van der Waals surface area (Å²) in [4.78, 5) is 23.6. The number of aromatic nitrogens is 5. The van der Waals surface area contributed by atoms with Crippen molar-refractivity contribution in [2.75, 3.05) is 0 Å². The summed E-state index contributed by atoms with van der Waals surface area (Å²) in [7, 11) is 0. The molecule has 0 N–H and O–H groups in total. The Kier molecular flexibility index (Phi) is 6.07. The van der Waals surface area contributed by atoms with Crippen LogP contribution in [0.2, 0.25) is 0 Å². The highest BCUT2D eigenvalue weighted by molar-refractivity contribution is 5.90. The zero-order valence-electron chi connectivity index (χ0n) is 21.5. The molecule has 188 valence electrons. The molecule has 0 unspecified atom stereocenters. The van der Waals surface area contributed by atoms with Gasteiger partial charge in [-0.3, -0.25) is 9.97 Å². The van der Waals surface area contributed by atoms with Gasteiger partial charge in [0.05, 0.1) is 11.4 Å². The average Bonchev–Trinajstić information content (AvgIpc) is 3.05. The van der Waals surface area contributed by atoms with Gasteiger partial charge in [0, 0.05) is 34.6 Å². The lowest BCUT2D eigenvalue weighted by Crippen LogP contribution is -2.00. The lowest BCUT2D eigenvalue weighted by atomic mass is 10.0. The van der Waals surface area contributed by atoms with Gasteiger partial charge >= 0.3 is 0 Å². The van der Waals surface area contributed by atoms with E-state index >= 15 is 0 Å². The van der Waals surface area contributed by atoms with Crippen LogP contribution in [-0.2, 0) is 0 Å². The highest BCUT2D eigenvalue weighted by atomic mass is 15.0. The topological polar surface area (TPSA) is 64.5 Å². The van der Waals surface area contributed by atoms with Gasteiger partial charge in [-0.25, -0.2) is 15.0 Å². The molecule has 0 fully saturated rings. The quantitative estimate of drug-likeness (QED) is 0.232. The van der Waals surface area contributed by atoms with Crippen molar-refractivity contribution >= 4 is 10.8 Å². The van der Waals surface area contributed by atoms with Crippen molar-refractivity contribution in [2.45, 2.75) is 0 Å². The van der Waals surface area contributed by atoms with Gasteiger partial charge < -0.3 is 0 Å². The molecule has 0 radical (unpaired) electrons. The van der Waals surface area contributed by atoms with Gasteiger partial charge in [-0.15, -0.1) is 0 Å². The number of hydrogen-bond donors (Lipinski definition) is 0. The Morgan fingerprint density at radius 3 is 1.45 bits per heavy atom. The summed E-state index contributed by atoms with van der Waals surface area (Å²) in [5.41, 5.74) is 6.74. The third kappa shape index (κ3) is 4.72. The molecule has 0 bridgehead atoms. The van der Waals surface area contributed by atoms with E-state index in [1.807, 2.05) is 91.1 Å². The second-order valence-electron chi connectivity index (χ2n) is 9.46. The van der Waals surface area contributed by atoms with Gasteiger partial charge in [0.25, 0.3) is 0 Å². The molecule has 0 aliphatic rings. The fourth-order valence-electron chi connectivity index (χ4n) is 4.73. The molecule has 3 aromatic heterocycles. The van der Waals surface area contributed by atoms with Gasteiger partial charge in [-0.05, 0) is 46.7 Å². The van der Waals surface area contributed by atoms with Crippen molar-refractivity contribution in [3.8, 4) is 56.7 Å². The van der Waals surface area contributed by atoms with Crippen LogP contribution in [0.3, 0.4) is 0 Å². The molecule has 0 saturated carbocycles. The molecule has 4 aromatic carbocycles. The Labute approximate surface area is 231 Å². The van der Waals surface area contributed by atoms with E-state index in [2.05, 4.69) is 52.4 Å². The van der Waals surface area contributed by atoms with Crippen molar-refractivity contribution in [3.63, 3.8) is 0 Å². The van der Waals surface area contributed by atoms with Crippen LogP contribution < -0.4 is 0 Å². The summed E-state index contributed by atoms with van der Waals surface area (Å²) in [6, 6.07) is 42.8. The second kappa shape index (κ2) is 10.3. The summed E-state index contributed by atoms with van der Waals surface area (Å²) < 4.78 is 0. The van der Waals surface area contributed by atoms with E-state index in [4.69, 9.17) is 15.0 Å². The minimum absolute atomic E-state index is 0.646. The van der Waals surface area contributed by atoms with Gasteiger partial charge in [-0.2, -0.15) is 0 Å². The van der Waals surface area contributed by atoms with Crippen LogP contribution in [0.15, 0.2) is 140 Å². The van der Waals surface area contributed by atoms with E-state index in [1.54, 1.807) is 6.20 Å².